The van der Waals surface area contributed by atoms with Crippen LogP contribution in [0, 0.1) is 0 Å². The highest BCUT2D eigenvalue weighted by Crippen LogP contribution is 2.13. The molecule has 6 heteroatoms. The van der Waals surface area contributed by atoms with Crippen LogP contribution in [0.5, 0.6) is 0 Å². The van der Waals surface area contributed by atoms with Gasteiger partial charge >= 0.3 is 0 Å². The molecule has 2 aromatic heterocycles. The van der Waals surface area contributed by atoms with E-state index in [1.165, 1.54) is 10.7 Å². The first-order valence-electron chi connectivity index (χ1n) is 5.16. The van der Waals surface area contributed by atoms with Gasteiger partial charge in [-0.15, -0.1) is 5.10 Å². The monoisotopic (exact) mass is 222 g/mol. The Labute approximate surface area is 92.0 Å². The fourth-order valence-electron chi connectivity index (χ4n) is 1.51. The molecule has 0 aromatic carbocycles. The van der Waals surface area contributed by atoms with E-state index in [4.69, 9.17) is 0 Å². The summed E-state index contributed by atoms with van der Waals surface area (Å²) in [6.45, 7) is 5.50. The molecule has 1 atom stereocenters. The molecular formula is C10H14N4O2. The minimum absolute atomic E-state index is 0.165. The number of aromatic amines is 1. The minimum atomic E-state index is -0.806. The third-order valence-corrected chi connectivity index (χ3v) is 2.36. The highest BCUT2D eigenvalue weighted by Gasteiger charge is 2.14. The molecule has 0 aliphatic rings. The second kappa shape index (κ2) is 3.71. The highest BCUT2D eigenvalue weighted by molar-refractivity contribution is 5.42. The molecule has 6 nitrogen and oxygen atoms in total. The quantitative estimate of drug-likeness (QED) is 0.779. The Kier molecular flexibility index (Phi) is 2.51. The molecule has 0 saturated carbocycles. The van der Waals surface area contributed by atoms with E-state index in [2.05, 4.69) is 15.1 Å². The standard InChI is InChI=1S/C10H14N4O2/c1-5(2)9-11-4-7-10(16)12-8(6(3)15)13-14(7)9/h4-6,15H,1-3H3,(H,12,13,16). The number of hydrogen-bond donors (Lipinski definition) is 2. The highest BCUT2D eigenvalue weighted by atomic mass is 16.3. The smallest absolute Gasteiger partial charge is 0.277 e. The van der Waals surface area contributed by atoms with E-state index in [0.717, 1.165) is 0 Å². The Balaban J connectivity index is 2.76. The van der Waals surface area contributed by atoms with Crippen LogP contribution in [-0.2, 0) is 0 Å². The summed E-state index contributed by atoms with van der Waals surface area (Å²) in [5.74, 6) is 1.12. The molecule has 0 aliphatic carbocycles. The molecule has 2 rings (SSSR count). The van der Waals surface area contributed by atoms with Crippen LogP contribution in [-0.4, -0.2) is 24.7 Å². The molecule has 0 aliphatic heterocycles. The summed E-state index contributed by atoms with van der Waals surface area (Å²) in [6.07, 6.45) is 0.687. The predicted octanol–water partition coefficient (Wildman–Crippen LogP) is 0.594. The Bertz CT molecular complexity index is 568. The molecule has 0 radical (unpaired) electrons. The largest absolute Gasteiger partial charge is 0.385 e. The maximum atomic E-state index is 11.7. The van der Waals surface area contributed by atoms with Crippen molar-refractivity contribution in [3.63, 3.8) is 0 Å². The van der Waals surface area contributed by atoms with E-state index in [1.54, 1.807) is 6.92 Å². The first-order chi connectivity index (χ1) is 7.50. The number of fused-ring (bicyclic) bond motifs is 1. The van der Waals surface area contributed by atoms with Crippen LogP contribution in [0.2, 0.25) is 0 Å². The number of imidazole rings is 1. The maximum absolute atomic E-state index is 11.7. The molecule has 16 heavy (non-hydrogen) atoms. The van der Waals surface area contributed by atoms with Gasteiger partial charge in [0.2, 0.25) is 0 Å². The lowest BCUT2D eigenvalue weighted by atomic mass is 10.2. The second-order valence-corrected chi connectivity index (χ2v) is 4.08. The summed E-state index contributed by atoms with van der Waals surface area (Å²) in [5, 5.41) is 13.6. The number of H-pyrrole nitrogens is 1. The van der Waals surface area contributed by atoms with Gasteiger partial charge in [0.25, 0.3) is 5.56 Å². The Morgan fingerprint density at radius 2 is 2.12 bits per heavy atom. The van der Waals surface area contributed by atoms with Crippen molar-refractivity contribution in [2.24, 2.45) is 0 Å². The van der Waals surface area contributed by atoms with E-state index in [-0.39, 0.29) is 17.3 Å². The molecule has 0 fully saturated rings. The van der Waals surface area contributed by atoms with Crippen molar-refractivity contribution in [3.05, 3.63) is 28.2 Å². The number of hydrogen-bond acceptors (Lipinski definition) is 4. The lowest BCUT2D eigenvalue weighted by Crippen LogP contribution is -2.18. The van der Waals surface area contributed by atoms with E-state index in [1.807, 2.05) is 13.8 Å². The van der Waals surface area contributed by atoms with E-state index in [9.17, 15) is 9.90 Å². The van der Waals surface area contributed by atoms with Crippen molar-refractivity contribution in [1.82, 2.24) is 19.6 Å². The topological polar surface area (TPSA) is 83.3 Å². The average molecular weight is 222 g/mol. The molecule has 0 saturated heterocycles. The fourth-order valence-corrected chi connectivity index (χ4v) is 1.51. The summed E-state index contributed by atoms with van der Waals surface area (Å²) in [6, 6.07) is 0. The number of nitrogens with zero attached hydrogens (tertiary/aromatic N) is 3. The van der Waals surface area contributed by atoms with Crippen molar-refractivity contribution in [2.45, 2.75) is 32.8 Å². The lowest BCUT2D eigenvalue weighted by molar-refractivity contribution is 0.186. The average Bonchev–Trinajstić information content (AvgIpc) is 2.61. The van der Waals surface area contributed by atoms with Gasteiger partial charge in [0.1, 0.15) is 11.9 Å². The van der Waals surface area contributed by atoms with Gasteiger partial charge in [-0.2, -0.15) is 0 Å². The minimum Gasteiger partial charge on any atom is -0.385 e. The zero-order valence-corrected chi connectivity index (χ0v) is 9.43. The molecule has 2 N–H and O–H groups in total. The second-order valence-electron chi connectivity index (χ2n) is 4.08. The molecule has 0 bridgehead atoms. The molecule has 1 unspecified atom stereocenters. The van der Waals surface area contributed by atoms with Gasteiger partial charge in [-0.3, -0.25) is 4.79 Å². The predicted molar refractivity (Wildman–Crippen MR) is 58.3 cm³/mol. The molecule has 2 heterocycles. The maximum Gasteiger partial charge on any atom is 0.277 e. The fraction of sp³-hybridized carbons (Fsp3) is 0.500. The lowest BCUT2D eigenvalue weighted by Gasteiger charge is -2.06. The zero-order valence-electron chi connectivity index (χ0n) is 9.43. The first kappa shape index (κ1) is 10.8. The van der Waals surface area contributed by atoms with Crippen LogP contribution in [0.3, 0.4) is 0 Å². The summed E-state index contributed by atoms with van der Waals surface area (Å²) >= 11 is 0. The van der Waals surface area contributed by atoms with Crippen LogP contribution in [0.25, 0.3) is 5.52 Å². The number of aromatic nitrogens is 4. The first-order valence-corrected chi connectivity index (χ1v) is 5.16. The summed E-state index contributed by atoms with van der Waals surface area (Å²) in [5.41, 5.74) is 0.110. The number of rotatable bonds is 2. The van der Waals surface area contributed by atoms with Crippen molar-refractivity contribution < 1.29 is 5.11 Å². The number of nitrogens with one attached hydrogen (secondary N) is 1. The zero-order chi connectivity index (χ0) is 11.9. The SMILES string of the molecule is CC(C)c1ncc2c(=O)[nH]c(C(C)O)nn12. The van der Waals surface area contributed by atoms with Crippen molar-refractivity contribution in [1.29, 1.82) is 0 Å². The van der Waals surface area contributed by atoms with Crippen LogP contribution in [0.1, 0.15) is 44.4 Å². The Morgan fingerprint density at radius 1 is 1.44 bits per heavy atom. The normalized spacial score (nSPS) is 13.6. The van der Waals surface area contributed by atoms with Crippen LogP contribution in [0.4, 0.5) is 0 Å². The summed E-state index contributed by atoms with van der Waals surface area (Å²) < 4.78 is 1.49. The third-order valence-electron chi connectivity index (χ3n) is 2.36. The van der Waals surface area contributed by atoms with Gasteiger partial charge in [-0.25, -0.2) is 9.50 Å². The van der Waals surface area contributed by atoms with Gasteiger partial charge in [0, 0.05) is 5.92 Å². The van der Waals surface area contributed by atoms with E-state index in [0.29, 0.717) is 11.3 Å². The number of aliphatic hydroxyl groups is 1. The van der Waals surface area contributed by atoms with E-state index >= 15 is 0 Å². The Morgan fingerprint density at radius 3 is 2.69 bits per heavy atom. The third kappa shape index (κ3) is 1.61. The van der Waals surface area contributed by atoms with Crippen LogP contribution < -0.4 is 5.56 Å². The van der Waals surface area contributed by atoms with Crippen molar-refractivity contribution >= 4 is 5.52 Å². The molecular weight excluding hydrogens is 208 g/mol. The molecule has 86 valence electrons. The van der Waals surface area contributed by atoms with Gasteiger partial charge < -0.3 is 10.1 Å². The Hall–Kier alpha value is -1.69. The molecule has 0 spiro atoms. The van der Waals surface area contributed by atoms with Crippen molar-refractivity contribution in [2.75, 3.05) is 0 Å². The molecule has 2 aromatic rings. The van der Waals surface area contributed by atoms with Crippen LogP contribution in [0.15, 0.2) is 11.0 Å². The van der Waals surface area contributed by atoms with Crippen LogP contribution >= 0.6 is 0 Å². The van der Waals surface area contributed by atoms with Gasteiger partial charge in [0.05, 0.1) is 6.20 Å². The van der Waals surface area contributed by atoms with Crippen molar-refractivity contribution in [3.8, 4) is 0 Å². The number of aliphatic hydroxyl groups excluding tert-OH is 1. The van der Waals surface area contributed by atoms with Gasteiger partial charge in [-0.1, -0.05) is 13.8 Å². The summed E-state index contributed by atoms with van der Waals surface area (Å²) in [4.78, 5) is 18.4. The summed E-state index contributed by atoms with van der Waals surface area (Å²) in [7, 11) is 0. The van der Waals surface area contributed by atoms with E-state index < -0.39 is 6.10 Å². The van der Waals surface area contributed by atoms with Gasteiger partial charge in [-0.05, 0) is 6.92 Å². The van der Waals surface area contributed by atoms with Gasteiger partial charge in [0.15, 0.2) is 11.3 Å². The molecule has 0 amide bonds.